The van der Waals surface area contributed by atoms with Crippen LogP contribution in [0.15, 0.2) is 18.3 Å². The van der Waals surface area contributed by atoms with Crippen molar-refractivity contribution in [2.24, 2.45) is 5.92 Å². The fraction of sp³-hybridized carbons (Fsp3) is 0.706. The number of rotatable bonds is 9. The van der Waals surface area contributed by atoms with Crippen LogP contribution < -0.4 is 10.2 Å². The van der Waals surface area contributed by atoms with Gasteiger partial charge in [0.15, 0.2) is 0 Å². The number of likely N-dealkylation sites (tertiary alicyclic amines) is 1. The van der Waals surface area contributed by atoms with E-state index in [4.69, 9.17) is 4.74 Å². The lowest BCUT2D eigenvalue weighted by atomic mass is 10.1. The van der Waals surface area contributed by atoms with Crippen molar-refractivity contribution in [2.45, 2.75) is 19.9 Å². The molecule has 0 amide bonds. The van der Waals surface area contributed by atoms with E-state index in [9.17, 15) is 0 Å². The van der Waals surface area contributed by atoms with E-state index in [0.717, 1.165) is 38.0 Å². The third-order valence-corrected chi connectivity index (χ3v) is 4.41. The quantitative estimate of drug-likeness (QED) is 0.750. The highest BCUT2D eigenvalue weighted by atomic mass is 16.5. The van der Waals surface area contributed by atoms with Gasteiger partial charge in [-0.25, -0.2) is 4.98 Å². The Morgan fingerprint density at radius 1 is 1.45 bits per heavy atom. The Hall–Kier alpha value is -1.17. The van der Waals surface area contributed by atoms with E-state index in [2.05, 4.69) is 39.2 Å². The summed E-state index contributed by atoms with van der Waals surface area (Å²) >= 11 is 0. The van der Waals surface area contributed by atoms with Crippen LogP contribution in [0.3, 0.4) is 0 Å². The van der Waals surface area contributed by atoms with Gasteiger partial charge in [0.1, 0.15) is 5.82 Å². The Morgan fingerprint density at radius 3 is 2.95 bits per heavy atom. The lowest BCUT2D eigenvalue weighted by Crippen LogP contribution is -2.26. The molecule has 0 bridgehead atoms. The first-order valence-electron chi connectivity index (χ1n) is 8.31. The summed E-state index contributed by atoms with van der Waals surface area (Å²) in [6.07, 6.45) is 3.29. The highest BCUT2D eigenvalue weighted by Gasteiger charge is 2.20. The Labute approximate surface area is 134 Å². The largest absolute Gasteiger partial charge is 0.383 e. The third-order valence-electron chi connectivity index (χ3n) is 4.41. The van der Waals surface area contributed by atoms with Crippen LogP contribution in [0, 0.1) is 5.92 Å². The topological polar surface area (TPSA) is 40.6 Å². The first-order valence-corrected chi connectivity index (χ1v) is 8.31. The van der Waals surface area contributed by atoms with Gasteiger partial charge in [0.05, 0.1) is 6.61 Å². The number of nitrogens with zero attached hydrogens (tertiary/aromatic N) is 3. The van der Waals surface area contributed by atoms with E-state index in [0.29, 0.717) is 0 Å². The lowest BCUT2D eigenvalue weighted by Gasteiger charge is -2.18. The maximum atomic E-state index is 5.09. The summed E-state index contributed by atoms with van der Waals surface area (Å²) < 4.78 is 5.09. The van der Waals surface area contributed by atoms with Gasteiger partial charge in [-0.3, -0.25) is 0 Å². The smallest absolute Gasteiger partial charge is 0.128 e. The molecule has 0 spiro atoms. The molecule has 1 aliphatic rings. The lowest BCUT2D eigenvalue weighted by molar-refractivity contribution is 0.206. The van der Waals surface area contributed by atoms with Crippen molar-refractivity contribution >= 4 is 5.82 Å². The summed E-state index contributed by atoms with van der Waals surface area (Å²) in [5, 5.41) is 3.57. The van der Waals surface area contributed by atoms with Crippen molar-refractivity contribution in [2.75, 3.05) is 58.4 Å². The first kappa shape index (κ1) is 17.2. The monoisotopic (exact) mass is 306 g/mol. The fourth-order valence-electron chi connectivity index (χ4n) is 2.88. The van der Waals surface area contributed by atoms with Gasteiger partial charge in [-0.15, -0.1) is 0 Å². The van der Waals surface area contributed by atoms with Gasteiger partial charge >= 0.3 is 0 Å². The van der Waals surface area contributed by atoms with Crippen LogP contribution in [0.1, 0.15) is 18.9 Å². The molecule has 2 rings (SSSR count). The summed E-state index contributed by atoms with van der Waals surface area (Å²) in [7, 11) is 3.76. The molecule has 124 valence electrons. The van der Waals surface area contributed by atoms with Crippen molar-refractivity contribution in [3.63, 3.8) is 0 Å². The molecule has 0 aromatic carbocycles. The van der Waals surface area contributed by atoms with Crippen molar-refractivity contribution in [1.29, 1.82) is 0 Å². The maximum Gasteiger partial charge on any atom is 0.128 e. The zero-order valence-corrected chi connectivity index (χ0v) is 14.2. The van der Waals surface area contributed by atoms with Gasteiger partial charge in [0.25, 0.3) is 0 Å². The fourth-order valence-corrected chi connectivity index (χ4v) is 2.88. The van der Waals surface area contributed by atoms with E-state index >= 15 is 0 Å². The van der Waals surface area contributed by atoms with Crippen LogP contribution >= 0.6 is 0 Å². The molecule has 0 saturated carbocycles. The molecule has 1 aromatic rings. The standard InChI is InChI=1S/C17H30N4O/c1-4-21-8-7-16(14-21)12-18-11-15-5-6-17(19-13-15)20(2)9-10-22-3/h5-6,13,16,18H,4,7-12,14H2,1-3H3/t16-/m1/s1. The zero-order chi connectivity index (χ0) is 15.8. The number of methoxy groups -OCH3 is 1. The predicted molar refractivity (Wildman–Crippen MR) is 91.3 cm³/mol. The predicted octanol–water partition coefficient (Wildman–Crippen LogP) is 1.60. The third kappa shape index (κ3) is 5.23. The summed E-state index contributed by atoms with van der Waals surface area (Å²) in [6, 6.07) is 4.24. The van der Waals surface area contributed by atoms with Gasteiger partial charge in [-0.2, -0.15) is 0 Å². The molecule has 22 heavy (non-hydrogen) atoms. The molecule has 0 aliphatic carbocycles. The second kappa shape index (κ2) is 9.08. The average molecular weight is 306 g/mol. The number of pyridine rings is 1. The van der Waals surface area contributed by atoms with Crippen molar-refractivity contribution in [3.8, 4) is 0 Å². The molecule has 1 fully saturated rings. The van der Waals surface area contributed by atoms with Crippen molar-refractivity contribution in [1.82, 2.24) is 15.2 Å². The second-order valence-electron chi connectivity index (χ2n) is 6.12. The van der Waals surface area contributed by atoms with E-state index in [-0.39, 0.29) is 0 Å². The molecular weight excluding hydrogens is 276 g/mol. The number of likely N-dealkylation sites (N-methyl/N-ethyl adjacent to an activating group) is 1. The average Bonchev–Trinajstić information content (AvgIpc) is 3.01. The van der Waals surface area contributed by atoms with Crippen LogP contribution in [0.25, 0.3) is 0 Å². The van der Waals surface area contributed by atoms with E-state index in [1.165, 1.54) is 31.6 Å². The van der Waals surface area contributed by atoms with Gasteiger partial charge < -0.3 is 19.9 Å². The normalized spacial score (nSPS) is 18.8. The van der Waals surface area contributed by atoms with Crippen molar-refractivity contribution in [3.05, 3.63) is 23.9 Å². The van der Waals surface area contributed by atoms with Crippen LogP contribution in [0.5, 0.6) is 0 Å². The number of aromatic nitrogens is 1. The molecule has 5 nitrogen and oxygen atoms in total. The summed E-state index contributed by atoms with van der Waals surface area (Å²) in [5.74, 6) is 1.79. The number of nitrogens with one attached hydrogen (secondary N) is 1. The highest BCUT2D eigenvalue weighted by Crippen LogP contribution is 2.15. The van der Waals surface area contributed by atoms with Crippen LogP contribution in [-0.4, -0.2) is 63.4 Å². The Kier molecular flexibility index (Phi) is 7.09. The number of anilines is 1. The Bertz CT molecular complexity index is 423. The maximum absolute atomic E-state index is 5.09. The molecule has 1 aromatic heterocycles. The van der Waals surface area contributed by atoms with E-state index in [1.807, 2.05) is 13.2 Å². The highest BCUT2D eigenvalue weighted by molar-refractivity contribution is 5.38. The van der Waals surface area contributed by atoms with Crippen LogP contribution in [-0.2, 0) is 11.3 Å². The van der Waals surface area contributed by atoms with Gasteiger partial charge in [-0.1, -0.05) is 13.0 Å². The van der Waals surface area contributed by atoms with Crippen molar-refractivity contribution < 1.29 is 4.74 Å². The Morgan fingerprint density at radius 2 is 2.32 bits per heavy atom. The molecule has 1 saturated heterocycles. The van der Waals surface area contributed by atoms with Gasteiger partial charge in [0, 0.05) is 40.0 Å². The summed E-state index contributed by atoms with van der Waals surface area (Å²) in [6.45, 7) is 9.50. The number of hydrogen-bond acceptors (Lipinski definition) is 5. The van der Waals surface area contributed by atoms with Gasteiger partial charge in [0.2, 0.25) is 0 Å². The van der Waals surface area contributed by atoms with Gasteiger partial charge in [-0.05, 0) is 43.6 Å². The molecule has 1 N–H and O–H groups in total. The second-order valence-corrected chi connectivity index (χ2v) is 6.12. The van der Waals surface area contributed by atoms with E-state index < -0.39 is 0 Å². The molecule has 2 heterocycles. The Balaban J connectivity index is 1.70. The molecule has 5 heteroatoms. The minimum absolute atomic E-state index is 0.720. The molecule has 0 radical (unpaired) electrons. The molecular formula is C17H30N4O. The van der Waals surface area contributed by atoms with Crippen LogP contribution in [0.4, 0.5) is 5.82 Å². The molecule has 1 atom stereocenters. The molecule has 1 aliphatic heterocycles. The van der Waals surface area contributed by atoms with Crippen LogP contribution in [0.2, 0.25) is 0 Å². The summed E-state index contributed by atoms with van der Waals surface area (Å²) in [4.78, 5) is 9.17. The van der Waals surface area contributed by atoms with E-state index in [1.54, 1.807) is 7.11 Å². The molecule has 0 unspecified atom stereocenters. The number of hydrogen-bond donors (Lipinski definition) is 1. The summed E-state index contributed by atoms with van der Waals surface area (Å²) in [5.41, 5.74) is 1.24. The number of ether oxygens (including phenoxy) is 1. The zero-order valence-electron chi connectivity index (χ0n) is 14.2. The first-order chi connectivity index (χ1) is 10.7. The minimum atomic E-state index is 0.720. The SMILES string of the molecule is CCN1CC[C@H](CNCc2ccc(N(C)CCOC)nc2)C1. The minimum Gasteiger partial charge on any atom is -0.383 e.